The molecule has 7 heteroatoms. The maximum atomic E-state index is 12.9. The van der Waals surface area contributed by atoms with Gasteiger partial charge in [-0.25, -0.2) is 0 Å². The Morgan fingerprint density at radius 3 is 2.50 bits per heavy atom. The molecule has 0 aromatic heterocycles. The number of benzene rings is 2. The predicted molar refractivity (Wildman–Crippen MR) is 103 cm³/mol. The third-order valence-corrected chi connectivity index (χ3v) is 5.20. The Morgan fingerprint density at radius 1 is 1.12 bits per heavy atom. The van der Waals surface area contributed by atoms with Crippen molar-refractivity contribution in [1.82, 2.24) is 0 Å². The quantitative estimate of drug-likeness (QED) is 0.480. The molecule has 0 radical (unpaired) electrons. The fourth-order valence-corrected chi connectivity index (χ4v) is 3.97. The molecule has 1 saturated heterocycles. The third-order valence-electron chi connectivity index (χ3n) is 3.90. The van der Waals surface area contributed by atoms with Crippen molar-refractivity contribution in [1.29, 1.82) is 0 Å². The highest BCUT2D eigenvalue weighted by Crippen LogP contribution is 2.38. The lowest BCUT2D eigenvalue weighted by atomic mass is 10.1. The van der Waals surface area contributed by atoms with Crippen LogP contribution in [0, 0.1) is 13.8 Å². The van der Waals surface area contributed by atoms with Crippen molar-refractivity contribution in [2.24, 2.45) is 0 Å². The van der Waals surface area contributed by atoms with Crippen LogP contribution in [0.3, 0.4) is 0 Å². The number of nitrogens with zero attached hydrogens (tertiary/aromatic N) is 1. The minimum atomic E-state index is -4.43. The molecule has 1 aliphatic heterocycles. The van der Waals surface area contributed by atoms with E-state index in [4.69, 9.17) is 12.2 Å². The highest BCUT2D eigenvalue weighted by atomic mass is 32.2. The van der Waals surface area contributed by atoms with Crippen LogP contribution in [0.25, 0.3) is 6.08 Å². The van der Waals surface area contributed by atoms with E-state index >= 15 is 0 Å². The molecule has 0 N–H and O–H groups in total. The standard InChI is InChI=1S/C19H14F3NOS2/c1-11-6-7-15(12(2)8-11)23-17(24)16(26-18(23)25)10-13-4-3-5-14(9-13)19(20,21)22/h3-10H,1-2H3/b16-10-. The Kier molecular flexibility index (Phi) is 4.94. The van der Waals surface area contributed by atoms with Gasteiger partial charge in [0.25, 0.3) is 5.91 Å². The molecule has 134 valence electrons. The van der Waals surface area contributed by atoms with E-state index in [0.717, 1.165) is 35.0 Å². The van der Waals surface area contributed by atoms with Crippen molar-refractivity contribution in [2.75, 3.05) is 4.90 Å². The predicted octanol–water partition coefficient (Wildman–Crippen LogP) is 5.73. The SMILES string of the molecule is Cc1ccc(N2C(=O)/C(=C/c3cccc(C(F)(F)F)c3)SC2=S)c(C)c1. The normalized spacial score (nSPS) is 16.7. The molecule has 0 spiro atoms. The van der Waals surface area contributed by atoms with Crippen LogP contribution in [0.15, 0.2) is 47.4 Å². The molecule has 2 aromatic carbocycles. The number of carbonyl (C=O) groups is 1. The van der Waals surface area contributed by atoms with E-state index in [1.54, 1.807) is 0 Å². The summed E-state index contributed by atoms with van der Waals surface area (Å²) in [5.74, 6) is -0.329. The first-order valence-corrected chi connectivity index (χ1v) is 8.92. The molecular weight excluding hydrogens is 379 g/mol. The van der Waals surface area contributed by atoms with Gasteiger partial charge < -0.3 is 0 Å². The third kappa shape index (κ3) is 3.68. The summed E-state index contributed by atoms with van der Waals surface area (Å²) in [7, 11) is 0. The molecule has 1 fully saturated rings. The Balaban J connectivity index is 1.95. The van der Waals surface area contributed by atoms with E-state index in [9.17, 15) is 18.0 Å². The number of thiocarbonyl (C=S) groups is 1. The molecule has 0 bridgehead atoms. The fourth-order valence-electron chi connectivity index (χ4n) is 2.69. The summed E-state index contributed by atoms with van der Waals surface area (Å²) in [4.78, 5) is 14.5. The molecule has 1 aliphatic rings. The molecular formula is C19H14F3NOS2. The first-order valence-electron chi connectivity index (χ1n) is 7.69. The Morgan fingerprint density at radius 2 is 1.85 bits per heavy atom. The summed E-state index contributed by atoms with van der Waals surface area (Å²) in [5, 5.41) is 0. The largest absolute Gasteiger partial charge is 0.416 e. The lowest BCUT2D eigenvalue weighted by molar-refractivity contribution is -0.137. The molecule has 3 rings (SSSR count). The van der Waals surface area contributed by atoms with Gasteiger partial charge in [0.2, 0.25) is 0 Å². The Labute approximate surface area is 158 Å². The molecule has 1 heterocycles. The van der Waals surface area contributed by atoms with Gasteiger partial charge in [-0.15, -0.1) is 0 Å². The highest BCUT2D eigenvalue weighted by molar-refractivity contribution is 8.27. The van der Waals surface area contributed by atoms with Crippen LogP contribution < -0.4 is 4.90 Å². The topological polar surface area (TPSA) is 20.3 Å². The molecule has 0 atom stereocenters. The van der Waals surface area contributed by atoms with E-state index < -0.39 is 11.7 Å². The average molecular weight is 393 g/mol. The number of anilines is 1. The van der Waals surface area contributed by atoms with Crippen LogP contribution in [0.4, 0.5) is 18.9 Å². The second-order valence-corrected chi connectivity index (χ2v) is 7.61. The van der Waals surface area contributed by atoms with Gasteiger partial charge in [-0.2, -0.15) is 13.2 Å². The van der Waals surface area contributed by atoms with Gasteiger partial charge in [0.05, 0.1) is 16.2 Å². The monoisotopic (exact) mass is 393 g/mol. The van der Waals surface area contributed by atoms with Crippen LogP contribution >= 0.6 is 24.0 Å². The van der Waals surface area contributed by atoms with Crippen molar-refractivity contribution >= 4 is 46.0 Å². The van der Waals surface area contributed by atoms with Gasteiger partial charge in [0.1, 0.15) is 0 Å². The number of carbonyl (C=O) groups excluding carboxylic acids is 1. The summed E-state index contributed by atoms with van der Waals surface area (Å²) in [5.41, 5.74) is 2.21. The molecule has 2 aromatic rings. The number of thioether (sulfide) groups is 1. The zero-order valence-corrected chi connectivity index (χ0v) is 15.6. The lowest BCUT2D eigenvalue weighted by Crippen LogP contribution is -2.28. The lowest BCUT2D eigenvalue weighted by Gasteiger charge is -2.17. The number of amides is 1. The Hall–Kier alpha value is -2.12. The van der Waals surface area contributed by atoms with Crippen molar-refractivity contribution in [3.8, 4) is 0 Å². The number of aryl methyl sites for hydroxylation is 2. The first-order chi connectivity index (χ1) is 12.2. The molecule has 0 aliphatic carbocycles. The van der Waals surface area contributed by atoms with E-state index in [2.05, 4.69) is 0 Å². The minimum absolute atomic E-state index is 0.300. The van der Waals surface area contributed by atoms with E-state index in [-0.39, 0.29) is 5.91 Å². The molecule has 26 heavy (non-hydrogen) atoms. The summed E-state index contributed by atoms with van der Waals surface area (Å²) < 4.78 is 38.9. The molecule has 1 amide bonds. The Bertz CT molecular complexity index is 935. The zero-order chi connectivity index (χ0) is 19.1. The van der Waals surface area contributed by atoms with E-state index in [0.29, 0.717) is 20.5 Å². The summed E-state index contributed by atoms with van der Waals surface area (Å²) in [6.07, 6.45) is -2.99. The second kappa shape index (κ2) is 6.89. The van der Waals surface area contributed by atoms with Crippen molar-refractivity contribution in [3.05, 3.63) is 69.6 Å². The first kappa shape index (κ1) is 18.7. The van der Waals surface area contributed by atoms with Gasteiger partial charge in [-0.05, 0) is 49.2 Å². The van der Waals surface area contributed by atoms with Gasteiger partial charge in [-0.1, -0.05) is 53.8 Å². The van der Waals surface area contributed by atoms with E-state index in [1.807, 2.05) is 32.0 Å². The molecule has 0 saturated carbocycles. The molecule has 0 unspecified atom stereocenters. The van der Waals surface area contributed by atoms with Gasteiger partial charge >= 0.3 is 6.18 Å². The van der Waals surface area contributed by atoms with Crippen molar-refractivity contribution in [3.63, 3.8) is 0 Å². The molecule has 2 nitrogen and oxygen atoms in total. The zero-order valence-electron chi connectivity index (χ0n) is 13.9. The van der Waals surface area contributed by atoms with Crippen LogP contribution in [0.1, 0.15) is 22.3 Å². The van der Waals surface area contributed by atoms with Crippen LogP contribution in [0.5, 0.6) is 0 Å². The van der Waals surface area contributed by atoms with Gasteiger partial charge in [0, 0.05) is 0 Å². The summed E-state index contributed by atoms with van der Waals surface area (Å²) in [6, 6.07) is 10.5. The maximum Gasteiger partial charge on any atom is 0.416 e. The number of hydrogen-bond donors (Lipinski definition) is 0. The maximum absolute atomic E-state index is 12.9. The number of halogens is 3. The highest BCUT2D eigenvalue weighted by Gasteiger charge is 2.34. The van der Waals surface area contributed by atoms with Crippen LogP contribution in [-0.2, 0) is 11.0 Å². The van der Waals surface area contributed by atoms with Crippen molar-refractivity contribution in [2.45, 2.75) is 20.0 Å². The fraction of sp³-hybridized carbons (Fsp3) is 0.158. The second-order valence-electron chi connectivity index (χ2n) is 5.93. The van der Waals surface area contributed by atoms with Crippen molar-refractivity contribution < 1.29 is 18.0 Å². The number of rotatable bonds is 2. The minimum Gasteiger partial charge on any atom is -0.268 e. The number of alkyl halides is 3. The van der Waals surface area contributed by atoms with Crippen LogP contribution in [-0.4, -0.2) is 10.2 Å². The van der Waals surface area contributed by atoms with Gasteiger partial charge in [-0.3, -0.25) is 9.69 Å². The van der Waals surface area contributed by atoms with E-state index in [1.165, 1.54) is 23.1 Å². The summed E-state index contributed by atoms with van der Waals surface area (Å²) in [6.45, 7) is 3.84. The summed E-state index contributed by atoms with van der Waals surface area (Å²) >= 11 is 6.40. The van der Waals surface area contributed by atoms with Crippen LogP contribution in [0.2, 0.25) is 0 Å². The smallest absolute Gasteiger partial charge is 0.268 e. The average Bonchev–Trinajstić information content (AvgIpc) is 2.82. The number of hydrogen-bond acceptors (Lipinski definition) is 3. The van der Waals surface area contributed by atoms with Gasteiger partial charge in [0.15, 0.2) is 4.32 Å².